The summed E-state index contributed by atoms with van der Waals surface area (Å²) in [6.07, 6.45) is 3.62. The number of nitrogens with zero attached hydrogens (tertiary/aromatic N) is 2. The minimum atomic E-state index is -0.452. The topological polar surface area (TPSA) is 85.8 Å². The van der Waals surface area contributed by atoms with Gasteiger partial charge in [0.05, 0.1) is 22.5 Å². The summed E-state index contributed by atoms with van der Waals surface area (Å²) in [6, 6.07) is 9.65. The van der Waals surface area contributed by atoms with Gasteiger partial charge in [0.25, 0.3) is 11.6 Å². The van der Waals surface area contributed by atoms with Gasteiger partial charge in [0, 0.05) is 30.4 Å². The summed E-state index contributed by atoms with van der Waals surface area (Å²) in [5.74, 6) is 0.822. The van der Waals surface area contributed by atoms with Crippen molar-refractivity contribution in [2.24, 2.45) is 0 Å². The highest BCUT2D eigenvalue weighted by Gasteiger charge is 2.34. The Balaban J connectivity index is 1.52. The number of non-ortho nitro benzene ring substituents is 1. The van der Waals surface area contributed by atoms with Crippen molar-refractivity contribution in [1.82, 2.24) is 4.90 Å². The van der Waals surface area contributed by atoms with Crippen LogP contribution in [0, 0.1) is 10.1 Å². The van der Waals surface area contributed by atoms with Crippen molar-refractivity contribution in [3.05, 3.63) is 57.2 Å². The van der Waals surface area contributed by atoms with E-state index in [-0.39, 0.29) is 17.7 Å². The molecule has 2 fully saturated rings. The second kappa shape index (κ2) is 7.86. The minimum absolute atomic E-state index is 0.00884. The Kier molecular flexibility index (Phi) is 5.29. The Morgan fingerprint density at radius 2 is 2.21 bits per heavy atom. The maximum absolute atomic E-state index is 12.7. The lowest BCUT2D eigenvalue weighted by atomic mass is 10.1. The van der Waals surface area contributed by atoms with Gasteiger partial charge in [-0.05, 0) is 25.0 Å². The maximum atomic E-state index is 12.7. The fourth-order valence-corrected chi connectivity index (χ4v) is 4.39. The number of furan rings is 1. The smallest absolute Gasteiger partial charge is 0.270 e. The van der Waals surface area contributed by atoms with Crippen molar-refractivity contribution >= 4 is 46.0 Å². The SMILES string of the molecule is O=C1/C(=C\c2ccc(-c3cccc([N+](=O)[O-])c3)o2)SC(=S)N1CC1CCCO1. The van der Waals surface area contributed by atoms with Crippen LogP contribution in [0.5, 0.6) is 0 Å². The summed E-state index contributed by atoms with van der Waals surface area (Å²) >= 11 is 6.58. The van der Waals surface area contributed by atoms with Gasteiger partial charge in [0.15, 0.2) is 0 Å². The fraction of sp³-hybridized carbons (Fsp3) is 0.263. The molecule has 0 aliphatic carbocycles. The van der Waals surface area contributed by atoms with Crippen LogP contribution in [0.15, 0.2) is 45.7 Å². The predicted octanol–water partition coefficient (Wildman–Crippen LogP) is 4.24. The lowest BCUT2D eigenvalue weighted by molar-refractivity contribution is -0.384. The number of nitro benzene ring substituents is 1. The van der Waals surface area contributed by atoms with Crippen LogP contribution in [0.2, 0.25) is 0 Å². The molecule has 0 spiro atoms. The molecule has 7 nitrogen and oxygen atoms in total. The average molecular weight is 416 g/mol. The van der Waals surface area contributed by atoms with E-state index >= 15 is 0 Å². The van der Waals surface area contributed by atoms with Crippen molar-refractivity contribution in [3.63, 3.8) is 0 Å². The highest BCUT2D eigenvalue weighted by atomic mass is 32.2. The summed E-state index contributed by atoms with van der Waals surface area (Å²) in [5, 5.41) is 10.9. The second-order valence-electron chi connectivity index (χ2n) is 6.44. The molecule has 28 heavy (non-hydrogen) atoms. The average Bonchev–Trinajstić information content (AvgIpc) is 3.41. The Hall–Kier alpha value is -2.49. The third-order valence-corrected chi connectivity index (χ3v) is 5.90. The number of rotatable bonds is 5. The number of hydrogen-bond acceptors (Lipinski definition) is 7. The van der Waals surface area contributed by atoms with E-state index in [2.05, 4.69) is 0 Å². The summed E-state index contributed by atoms with van der Waals surface area (Å²) in [7, 11) is 0. The number of nitro groups is 1. The number of ether oxygens (including phenoxy) is 1. The minimum Gasteiger partial charge on any atom is -0.457 e. The van der Waals surface area contributed by atoms with E-state index < -0.39 is 4.92 Å². The van der Waals surface area contributed by atoms with Crippen LogP contribution in [0.25, 0.3) is 17.4 Å². The van der Waals surface area contributed by atoms with Crippen LogP contribution in [0.4, 0.5) is 5.69 Å². The van der Waals surface area contributed by atoms with E-state index in [1.54, 1.807) is 35.2 Å². The molecule has 2 aliphatic rings. The molecule has 9 heteroatoms. The van der Waals surface area contributed by atoms with Crippen molar-refractivity contribution in [2.45, 2.75) is 18.9 Å². The van der Waals surface area contributed by atoms with Crippen LogP contribution in [-0.2, 0) is 9.53 Å². The first-order valence-electron chi connectivity index (χ1n) is 8.73. The first-order valence-corrected chi connectivity index (χ1v) is 9.95. The Morgan fingerprint density at radius 3 is 2.96 bits per heavy atom. The van der Waals surface area contributed by atoms with Crippen molar-refractivity contribution in [3.8, 4) is 11.3 Å². The van der Waals surface area contributed by atoms with Crippen LogP contribution in [0.3, 0.4) is 0 Å². The normalized spacial score (nSPS) is 21.1. The van der Waals surface area contributed by atoms with E-state index in [1.165, 1.54) is 23.9 Å². The van der Waals surface area contributed by atoms with Gasteiger partial charge in [-0.1, -0.05) is 36.1 Å². The summed E-state index contributed by atoms with van der Waals surface area (Å²) < 4.78 is 11.9. The molecule has 0 bridgehead atoms. The lowest BCUT2D eigenvalue weighted by Gasteiger charge is -2.18. The molecule has 2 saturated heterocycles. The van der Waals surface area contributed by atoms with E-state index in [0.717, 1.165) is 19.4 Å². The van der Waals surface area contributed by atoms with Gasteiger partial charge < -0.3 is 9.15 Å². The molecule has 0 saturated carbocycles. The Morgan fingerprint density at radius 1 is 1.36 bits per heavy atom. The molecule has 1 aromatic carbocycles. The molecule has 2 aromatic rings. The predicted molar refractivity (Wildman–Crippen MR) is 110 cm³/mol. The van der Waals surface area contributed by atoms with Crippen LogP contribution in [-0.4, -0.2) is 39.3 Å². The zero-order valence-corrected chi connectivity index (χ0v) is 16.3. The largest absolute Gasteiger partial charge is 0.457 e. The third-order valence-electron chi connectivity index (χ3n) is 4.53. The van der Waals surface area contributed by atoms with E-state index in [4.69, 9.17) is 21.4 Å². The maximum Gasteiger partial charge on any atom is 0.270 e. The molecule has 1 aromatic heterocycles. The van der Waals surface area contributed by atoms with Gasteiger partial charge in [0.1, 0.15) is 15.8 Å². The van der Waals surface area contributed by atoms with E-state index in [9.17, 15) is 14.9 Å². The molecule has 1 atom stereocenters. The quantitative estimate of drug-likeness (QED) is 0.312. The standard InChI is InChI=1S/C19H16N2O5S2/c22-18-17(28-19(27)20(18)11-15-5-2-8-25-15)10-14-6-7-16(26-14)12-3-1-4-13(9-12)21(23)24/h1,3-4,6-7,9-10,15H,2,5,8,11H2/b17-10+. The molecule has 4 rings (SSSR count). The monoisotopic (exact) mass is 416 g/mol. The van der Waals surface area contributed by atoms with Crippen molar-refractivity contribution in [2.75, 3.05) is 13.2 Å². The van der Waals surface area contributed by atoms with E-state index in [0.29, 0.717) is 32.9 Å². The molecular weight excluding hydrogens is 400 g/mol. The number of thiocarbonyl (C=S) groups is 1. The Labute approximate surface area is 170 Å². The zero-order chi connectivity index (χ0) is 19.7. The van der Waals surface area contributed by atoms with Gasteiger partial charge in [-0.25, -0.2) is 0 Å². The number of benzene rings is 1. The van der Waals surface area contributed by atoms with Crippen LogP contribution in [0.1, 0.15) is 18.6 Å². The number of carbonyl (C=O) groups excluding carboxylic acids is 1. The highest BCUT2D eigenvalue weighted by molar-refractivity contribution is 8.26. The first kappa shape index (κ1) is 18.9. The van der Waals surface area contributed by atoms with Gasteiger partial charge in [0.2, 0.25) is 0 Å². The molecule has 1 unspecified atom stereocenters. The van der Waals surface area contributed by atoms with Gasteiger partial charge >= 0.3 is 0 Å². The number of amides is 1. The van der Waals surface area contributed by atoms with Gasteiger partial charge in [-0.2, -0.15) is 0 Å². The lowest BCUT2D eigenvalue weighted by Crippen LogP contribution is -2.35. The van der Waals surface area contributed by atoms with Gasteiger partial charge in [-0.15, -0.1) is 0 Å². The highest BCUT2D eigenvalue weighted by Crippen LogP contribution is 2.34. The second-order valence-corrected chi connectivity index (χ2v) is 8.11. The number of thioether (sulfide) groups is 1. The molecule has 0 N–H and O–H groups in total. The summed E-state index contributed by atoms with van der Waals surface area (Å²) in [5.41, 5.74) is 0.588. The molecule has 1 amide bonds. The van der Waals surface area contributed by atoms with Crippen molar-refractivity contribution in [1.29, 1.82) is 0 Å². The molecule has 2 aliphatic heterocycles. The molecule has 0 radical (unpaired) electrons. The Bertz CT molecular complexity index is 978. The van der Waals surface area contributed by atoms with E-state index in [1.807, 2.05) is 0 Å². The fourth-order valence-electron chi connectivity index (χ4n) is 3.14. The van der Waals surface area contributed by atoms with Gasteiger partial charge in [-0.3, -0.25) is 19.8 Å². The van der Waals surface area contributed by atoms with Crippen molar-refractivity contribution < 1.29 is 18.9 Å². The first-order chi connectivity index (χ1) is 13.5. The number of hydrogen-bond donors (Lipinski definition) is 0. The molecule has 144 valence electrons. The zero-order valence-electron chi connectivity index (χ0n) is 14.7. The summed E-state index contributed by atoms with van der Waals surface area (Å²) in [4.78, 5) is 25.2. The third kappa shape index (κ3) is 3.87. The molecular formula is C19H16N2O5S2. The van der Waals surface area contributed by atoms with Crippen LogP contribution < -0.4 is 0 Å². The van der Waals surface area contributed by atoms with Crippen LogP contribution >= 0.6 is 24.0 Å². The number of carbonyl (C=O) groups is 1. The molecule has 3 heterocycles. The summed E-state index contributed by atoms with van der Waals surface area (Å²) in [6.45, 7) is 1.20.